The lowest BCUT2D eigenvalue weighted by Crippen LogP contribution is -2.15. The van der Waals surface area contributed by atoms with Gasteiger partial charge in [-0.1, -0.05) is 32.8 Å². The van der Waals surface area contributed by atoms with Crippen molar-refractivity contribution in [1.82, 2.24) is 0 Å². The van der Waals surface area contributed by atoms with Gasteiger partial charge in [0.15, 0.2) is 5.78 Å². The summed E-state index contributed by atoms with van der Waals surface area (Å²) in [7, 11) is 0. The first-order valence-electron chi connectivity index (χ1n) is 5.28. The predicted octanol–water partition coefficient (Wildman–Crippen LogP) is 3.35. The summed E-state index contributed by atoms with van der Waals surface area (Å²) in [6.07, 6.45) is 6.39. The Labute approximate surface area is 81.2 Å². The van der Waals surface area contributed by atoms with E-state index in [1.165, 1.54) is 25.7 Å². The summed E-state index contributed by atoms with van der Waals surface area (Å²) < 4.78 is 0. The molecule has 13 heavy (non-hydrogen) atoms. The van der Waals surface area contributed by atoms with E-state index in [1.807, 2.05) is 0 Å². The second-order valence-corrected chi connectivity index (χ2v) is 4.50. The second-order valence-electron chi connectivity index (χ2n) is 4.50. The Bertz CT molecular complexity index is 201. The van der Waals surface area contributed by atoms with E-state index in [-0.39, 0.29) is 5.78 Å². The third kappa shape index (κ3) is 3.33. The van der Waals surface area contributed by atoms with Crippen LogP contribution in [-0.4, -0.2) is 5.78 Å². The zero-order valence-corrected chi connectivity index (χ0v) is 8.81. The minimum atomic E-state index is 0.153. The number of ketones is 1. The molecule has 0 saturated heterocycles. The number of carbonyl (C=O) groups is 1. The lowest BCUT2D eigenvalue weighted by Gasteiger charge is -2.28. The first-order chi connectivity index (χ1) is 6.09. The molecule has 0 N–H and O–H groups in total. The molecular formula is C12H20O. The number of allylic oxidation sites excluding steroid dienone is 1. The average Bonchev–Trinajstić information content (AvgIpc) is 1.96. The zero-order valence-electron chi connectivity index (χ0n) is 8.81. The van der Waals surface area contributed by atoms with Crippen molar-refractivity contribution in [2.75, 3.05) is 0 Å². The van der Waals surface area contributed by atoms with Crippen molar-refractivity contribution in [3.8, 4) is 0 Å². The van der Waals surface area contributed by atoms with Crippen molar-refractivity contribution in [1.29, 1.82) is 0 Å². The molecule has 0 spiro atoms. The highest BCUT2D eigenvalue weighted by Crippen LogP contribution is 2.33. The van der Waals surface area contributed by atoms with E-state index in [0.717, 1.165) is 17.9 Å². The minimum absolute atomic E-state index is 0.153. The van der Waals surface area contributed by atoms with Crippen LogP contribution in [0.25, 0.3) is 0 Å². The number of carbonyl (C=O) groups excluding carboxylic acids is 1. The fourth-order valence-corrected chi connectivity index (χ4v) is 1.95. The van der Waals surface area contributed by atoms with Crippen molar-refractivity contribution < 1.29 is 4.79 Å². The third-order valence-corrected chi connectivity index (χ3v) is 3.05. The maximum atomic E-state index is 10.9. The van der Waals surface area contributed by atoms with E-state index in [4.69, 9.17) is 0 Å². The van der Waals surface area contributed by atoms with Gasteiger partial charge < -0.3 is 0 Å². The van der Waals surface area contributed by atoms with Crippen molar-refractivity contribution in [2.45, 2.75) is 46.0 Å². The molecule has 0 amide bonds. The van der Waals surface area contributed by atoms with Gasteiger partial charge in [-0.3, -0.25) is 4.79 Å². The topological polar surface area (TPSA) is 17.1 Å². The summed E-state index contributed by atoms with van der Waals surface area (Å²) in [4.78, 5) is 10.9. The van der Waals surface area contributed by atoms with E-state index in [0.29, 0.717) is 5.92 Å². The maximum absolute atomic E-state index is 10.9. The van der Waals surface area contributed by atoms with Crippen molar-refractivity contribution in [3.05, 3.63) is 12.2 Å². The van der Waals surface area contributed by atoms with Crippen molar-refractivity contribution >= 4 is 5.78 Å². The highest BCUT2D eigenvalue weighted by Gasteiger charge is 2.20. The molecule has 0 aliphatic heterocycles. The van der Waals surface area contributed by atoms with Crippen LogP contribution in [0.2, 0.25) is 0 Å². The van der Waals surface area contributed by atoms with Gasteiger partial charge >= 0.3 is 0 Å². The Morgan fingerprint density at radius 2 is 2.15 bits per heavy atom. The molecule has 1 aliphatic carbocycles. The Morgan fingerprint density at radius 1 is 1.54 bits per heavy atom. The van der Waals surface area contributed by atoms with E-state index >= 15 is 0 Å². The van der Waals surface area contributed by atoms with Crippen LogP contribution in [0.4, 0.5) is 0 Å². The molecule has 0 heterocycles. The molecule has 1 rings (SSSR count). The Balaban J connectivity index is 2.19. The van der Waals surface area contributed by atoms with Crippen LogP contribution in [0, 0.1) is 11.8 Å². The van der Waals surface area contributed by atoms with E-state index in [2.05, 4.69) is 13.5 Å². The van der Waals surface area contributed by atoms with E-state index in [1.54, 1.807) is 6.92 Å². The third-order valence-electron chi connectivity index (χ3n) is 3.05. The van der Waals surface area contributed by atoms with Gasteiger partial charge in [-0.05, 0) is 37.2 Å². The fraction of sp³-hybridized carbons (Fsp3) is 0.750. The van der Waals surface area contributed by atoms with Crippen LogP contribution in [0.1, 0.15) is 46.0 Å². The van der Waals surface area contributed by atoms with Crippen LogP contribution in [0.3, 0.4) is 0 Å². The van der Waals surface area contributed by atoms with Gasteiger partial charge in [-0.15, -0.1) is 0 Å². The van der Waals surface area contributed by atoms with E-state index in [9.17, 15) is 4.79 Å². The van der Waals surface area contributed by atoms with Crippen LogP contribution in [0.5, 0.6) is 0 Å². The number of hydrogen-bond acceptors (Lipinski definition) is 1. The summed E-state index contributed by atoms with van der Waals surface area (Å²) in [6, 6.07) is 0. The van der Waals surface area contributed by atoms with Crippen LogP contribution >= 0.6 is 0 Å². The maximum Gasteiger partial charge on any atom is 0.155 e. The summed E-state index contributed by atoms with van der Waals surface area (Å²) in [6.45, 7) is 7.63. The molecule has 0 aromatic carbocycles. The molecule has 1 unspecified atom stereocenters. The fourth-order valence-electron chi connectivity index (χ4n) is 1.95. The molecule has 1 fully saturated rings. The van der Waals surface area contributed by atoms with Gasteiger partial charge in [0.05, 0.1) is 0 Å². The Kier molecular flexibility index (Phi) is 3.71. The standard InChI is InChI=1S/C12H20O/c1-9(7-10(2)11(3)13)8-12-5-4-6-12/h9,12H,2,4-8H2,1,3H3. The van der Waals surface area contributed by atoms with Gasteiger partial charge in [-0.25, -0.2) is 0 Å². The molecular weight excluding hydrogens is 160 g/mol. The predicted molar refractivity (Wildman–Crippen MR) is 55.6 cm³/mol. The molecule has 74 valence electrons. The van der Waals surface area contributed by atoms with Crippen LogP contribution < -0.4 is 0 Å². The van der Waals surface area contributed by atoms with Crippen molar-refractivity contribution in [2.24, 2.45) is 11.8 Å². The first-order valence-corrected chi connectivity index (χ1v) is 5.28. The molecule has 1 nitrogen and oxygen atoms in total. The average molecular weight is 180 g/mol. The lowest BCUT2D eigenvalue weighted by atomic mass is 9.78. The largest absolute Gasteiger partial charge is 0.295 e. The van der Waals surface area contributed by atoms with Gasteiger partial charge in [0, 0.05) is 0 Å². The summed E-state index contributed by atoms with van der Waals surface area (Å²) in [5, 5.41) is 0. The Hall–Kier alpha value is -0.590. The SMILES string of the molecule is C=C(CC(C)CC1CCC1)C(C)=O. The molecule has 0 radical (unpaired) electrons. The molecule has 1 aliphatic rings. The quantitative estimate of drug-likeness (QED) is 0.593. The van der Waals surface area contributed by atoms with Gasteiger partial charge in [0.25, 0.3) is 0 Å². The van der Waals surface area contributed by atoms with Gasteiger partial charge in [-0.2, -0.15) is 0 Å². The zero-order chi connectivity index (χ0) is 9.84. The molecule has 1 heteroatoms. The van der Waals surface area contributed by atoms with E-state index < -0.39 is 0 Å². The molecule has 0 aromatic rings. The van der Waals surface area contributed by atoms with Crippen LogP contribution in [-0.2, 0) is 4.79 Å². The molecule has 0 aromatic heterocycles. The van der Waals surface area contributed by atoms with Gasteiger partial charge in [0.2, 0.25) is 0 Å². The highest BCUT2D eigenvalue weighted by molar-refractivity contribution is 5.92. The second kappa shape index (κ2) is 4.59. The summed E-state index contributed by atoms with van der Waals surface area (Å²) in [5.41, 5.74) is 0.798. The number of Topliss-reactive ketones (excluding diaryl/α,β-unsaturated/α-hetero) is 1. The Morgan fingerprint density at radius 3 is 2.54 bits per heavy atom. The monoisotopic (exact) mass is 180 g/mol. The number of hydrogen-bond donors (Lipinski definition) is 0. The van der Waals surface area contributed by atoms with Crippen LogP contribution in [0.15, 0.2) is 12.2 Å². The van der Waals surface area contributed by atoms with Crippen molar-refractivity contribution in [3.63, 3.8) is 0 Å². The summed E-state index contributed by atoms with van der Waals surface area (Å²) in [5.74, 6) is 1.73. The normalized spacial score (nSPS) is 19.2. The van der Waals surface area contributed by atoms with Gasteiger partial charge in [0.1, 0.15) is 0 Å². The summed E-state index contributed by atoms with van der Waals surface area (Å²) >= 11 is 0. The molecule has 1 saturated carbocycles. The highest BCUT2D eigenvalue weighted by atomic mass is 16.1. The smallest absolute Gasteiger partial charge is 0.155 e. The molecule has 1 atom stereocenters. The lowest BCUT2D eigenvalue weighted by molar-refractivity contribution is -0.113. The first kappa shape index (κ1) is 10.5. The molecule has 0 bridgehead atoms. The number of rotatable bonds is 5. The minimum Gasteiger partial charge on any atom is -0.295 e.